The van der Waals surface area contributed by atoms with Gasteiger partial charge in [0.25, 0.3) is 0 Å². The summed E-state index contributed by atoms with van der Waals surface area (Å²) in [6, 6.07) is 7.15. The summed E-state index contributed by atoms with van der Waals surface area (Å²) in [7, 11) is 4.17. The fourth-order valence-electron chi connectivity index (χ4n) is 2.86. The summed E-state index contributed by atoms with van der Waals surface area (Å²) in [5, 5.41) is 0. The molecule has 100 valence electrons. The average molecular weight is 251 g/mol. The van der Waals surface area contributed by atoms with Gasteiger partial charge in [-0.2, -0.15) is 0 Å². The zero-order chi connectivity index (χ0) is 13.3. The van der Waals surface area contributed by atoms with Crippen LogP contribution < -0.4 is 10.6 Å². The Hall–Kier alpha value is -1.13. The van der Waals surface area contributed by atoms with Gasteiger partial charge in [0, 0.05) is 31.9 Å². The van der Waals surface area contributed by atoms with Gasteiger partial charge in [0.1, 0.15) is 5.82 Å². The first kappa shape index (κ1) is 13.3. The fourth-order valence-corrected chi connectivity index (χ4v) is 2.86. The first-order valence-corrected chi connectivity index (χ1v) is 6.38. The molecule has 1 saturated heterocycles. The molecule has 1 aliphatic rings. The Bertz CT molecular complexity index is 394. The molecule has 0 radical (unpaired) electrons. The number of hydrogen-bond donors (Lipinski definition) is 1. The van der Waals surface area contributed by atoms with Crippen molar-refractivity contribution in [3.63, 3.8) is 0 Å². The van der Waals surface area contributed by atoms with Gasteiger partial charge in [-0.25, -0.2) is 4.39 Å². The van der Waals surface area contributed by atoms with Gasteiger partial charge in [-0.15, -0.1) is 0 Å². The van der Waals surface area contributed by atoms with Crippen molar-refractivity contribution >= 4 is 5.69 Å². The minimum Gasteiger partial charge on any atom is -0.366 e. The first-order valence-electron chi connectivity index (χ1n) is 6.38. The lowest BCUT2D eigenvalue weighted by atomic mass is 9.94. The highest BCUT2D eigenvalue weighted by atomic mass is 19.1. The maximum absolute atomic E-state index is 13.0. The van der Waals surface area contributed by atoms with E-state index in [9.17, 15) is 4.39 Å². The first-order chi connectivity index (χ1) is 8.48. The Kier molecular flexibility index (Phi) is 3.59. The van der Waals surface area contributed by atoms with E-state index in [-0.39, 0.29) is 11.4 Å². The summed E-state index contributed by atoms with van der Waals surface area (Å²) in [5.74, 6) is -0.203. The van der Waals surface area contributed by atoms with Crippen molar-refractivity contribution in [2.24, 2.45) is 5.73 Å². The fraction of sp³-hybridized carbons (Fsp3) is 0.571. The zero-order valence-electron chi connectivity index (χ0n) is 11.4. The maximum Gasteiger partial charge on any atom is 0.123 e. The topological polar surface area (TPSA) is 32.5 Å². The predicted octanol–water partition coefficient (Wildman–Crippen LogP) is 1.68. The Morgan fingerprint density at radius 2 is 2.06 bits per heavy atom. The molecule has 0 aromatic heterocycles. The van der Waals surface area contributed by atoms with Crippen molar-refractivity contribution in [1.29, 1.82) is 0 Å². The third-order valence-electron chi connectivity index (χ3n) is 4.28. The van der Waals surface area contributed by atoms with E-state index < -0.39 is 0 Å². The predicted molar refractivity (Wildman–Crippen MR) is 73.3 cm³/mol. The van der Waals surface area contributed by atoms with Crippen LogP contribution in [0.2, 0.25) is 0 Å². The van der Waals surface area contributed by atoms with Crippen LogP contribution in [0.3, 0.4) is 0 Å². The van der Waals surface area contributed by atoms with E-state index in [2.05, 4.69) is 23.8 Å². The van der Waals surface area contributed by atoms with Crippen LogP contribution >= 0.6 is 0 Å². The molecular weight excluding hydrogens is 229 g/mol. The molecule has 1 heterocycles. The van der Waals surface area contributed by atoms with Crippen molar-refractivity contribution < 1.29 is 4.39 Å². The number of nitrogens with two attached hydrogens (primary N) is 1. The Morgan fingerprint density at radius 1 is 1.44 bits per heavy atom. The second-order valence-corrected chi connectivity index (χ2v) is 5.43. The van der Waals surface area contributed by atoms with Gasteiger partial charge in [-0.1, -0.05) is 0 Å². The lowest BCUT2D eigenvalue weighted by Crippen LogP contribution is -2.54. The van der Waals surface area contributed by atoms with E-state index in [1.807, 2.05) is 19.2 Å². The van der Waals surface area contributed by atoms with Crippen LogP contribution in [0.4, 0.5) is 10.1 Å². The van der Waals surface area contributed by atoms with Crippen molar-refractivity contribution in [2.75, 3.05) is 32.1 Å². The van der Waals surface area contributed by atoms with Crippen molar-refractivity contribution in [3.05, 3.63) is 30.1 Å². The molecule has 1 fully saturated rings. The average Bonchev–Trinajstić information content (AvgIpc) is 2.66. The highest BCUT2D eigenvalue weighted by Crippen LogP contribution is 2.33. The lowest BCUT2D eigenvalue weighted by Gasteiger charge is -2.39. The molecule has 1 aromatic rings. The van der Waals surface area contributed by atoms with Gasteiger partial charge in [-0.05, 0) is 44.7 Å². The molecule has 3 nitrogen and oxygen atoms in total. The van der Waals surface area contributed by atoms with E-state index in [0.717, 1.165) is 18.7 Å². The summed E-state index contributed by atoms with van der Waals surface area (Å²) in [5.41, 5.74) is 6.99. The second-order valence-electron chi connectivity index (χ2n) is 5.43. The van der Waals surface area contributed by atoms with Gasteiger partial charge in [0.2, 0.25) is 0 Å². The number of likely N-dealkylation sites (tertiary alicyclic amines) is 1. The number of halogens is 1. The Labute approximate surface area is 108 Å². The summed E-state index contributed by atoms with van der Waals surface area (Å²) >= 11 is 0. The summed E-state index contributed by atoms with van der Waals surface area (Å²) in [4.78, 5) is 4.53. The van der Waals surface area contributed by atoms with Gasteiger partial charge in [0.05, 0.1) is 5.54 Å². The number of likely N-dealkylation sites (N-methyl/N-ethyl adjacent to an activating group) is 2. The SMILES string of the molecule is CC1CC(CN)(N(C)c2ccc(F)cc2)CN1C. The number of hydrogen-bond acceptors (Lipinski definition) is 3. The third kappa shape index (κ3) is 2.22. The second kappa shape index (κ2) is 4.86. The molecule has 2 atom stereocenters. The molecule has 1 aliphatic heterocycles. The molecule has 2 N–H and O–H groups in total. The van der Waals surface area contributed by atoms with Crippen LogP contribution in [-0.2, 0) is 0 Å². The maximum atomic E-state index is 13.0. The number of benzene rings is 1. The van der Waals surface area contributed by atoms with E-state index in [4.69, 9.17) is 5.73 Å². The highest BCUT2D eigenvalue weighted by Gasteiger charge is 2.42. The van der Waals surface area contributed by atoms with Crippen molar-refractivity contribution in [3.8, 4) is 0 Å². The largest absolute Gasteiger partial charge is 0.366 e. The van der Waals surface area contributed by atoms with Gasteiger partial charge in [-0.3, -0.25) is 0 Å². The molecular formula is C14H22FN3. The highest BCUT2D eigenvalue weighted by molar-refractivity contribution is 5.49. The monoisotopic (exact) mass is 251 g/mol. The molecule has 0 saturated carbocycles. The summed E-state index contributed by atoms with van der Waals surface area (Å²) < 4.78 is 13.0. The van der Waals surface area contributed by atoms with Gasteiger partial charge in [0.15, 0.2) is 0 Å². The molecule has 1 aromatic carbocycles. The Balaban J connectivity index is 2.25. The zero-order valence-corrected chi connectivity index (χ0v) is 11.4. The normalized spacial score (nSPS) is 28.6. The molecule has 0 amide bonds. The van der Waals surface area contributed by atoms with Crippen LogP contribution in [-0.4, -0.2) is 43.7 Å². The summed E-state index contributed by atoms with van der Waals surface area (Å²) in [6.07, 6.45) is 1.04. The molecule has 0 spiro atoms. The minimum absolute atomic E-state index is 0.0496. The molecule has 4 heteroatoms. The van der Waals surface area contributed by atoms with E-state index in [1.165, 1.54) is 12.1 Å². The Morgan fingerprint density at radius 3 is 2.50 bits per heavy atom. The van der Waals surface area contributed by atoms with Crippen LogP contribution in [0.15, 0.2) is 24.3 Å². The molecule has 2 unspecified atom stereocenters. The number of nitrogens with zero attached hydrogens (tertiary/aromatic N) is 2. The summed E-state index contributed by atoms with van der Waals surface area (Å²) in [6.45, 7) is 3.77. The molecule has 2 rings (SSSR count). The van der Waals surface area contributed by atoms with Crippen LogP contribution in [0.25, 0.3) is 0 Å². The van der Waals surface area contributed by atoms with E-state index >= 15 is 0 Å². The van der Waals surface area contributed by atoms with Gasteiger partial charge < -0.3 is 15.5 Å². The van der Waals surface area contributed by atoms with Crippen LogP contribution in [0.5, 0.6) is 0 Å². The van der Waals surface area contributed by atoms with E-state index in [1.54, 1.807) is 0 Å². The quantitative estimate of drug-likeness (QED) is 0.887. The minimum atomic E-state index is -0.203. The van der Waals surface area contributed by atoms with E-state index in [0.29, 0.717) is 12.6 Å². The molecule has 18 heavy (non-hydrogen) atoms. The van der Waals surface area contributed by atoms with Crippen LogP contribution in [0, 0.1) is 5.82 Å². The van der Waals surface area contributed by atoms with Gasteiger partial charge >= 0.3 is 0 Å². The molecule has 0 aliphatic carbocycles. The smallest absolute Gasteiger partial charge is 0.123 e. The lowest BCUT2D eigenvalue weighted by molar-refractivity contribution is 0.318. The molecule has 0 bridgehead atoms. The number of rotatable bonds is 3. The van der Waals surface area contributed by atoms with Crippen LogP contribution in [0.1, 0.15) is 13.3 Å². The van der Waals surface area contributed by atoms with Crippen molar-refractivity contribution in [1.82, 2.24) is 4.90 Å². The standard InChI is InChI=1S/C14H22FN3/c1-11-8-14(9-16,10-17(11)2)18(3)13-6-4-12(15)5-7-13/h4-7,11H,8-10,16H2,1-3H3. The number of anilines is 1. The third-order valence-corrected chi connectivity index (χ3v) is 4.28. The van der Waals surface area contributed by atoms with Crippen molar-refractivity contribution in [2.45, 2.75) is 24.9 Å².